The van der Waals surface area contributed by atoms with E-state index in [1.165, 1.54) is 30.5 Å². The number of piperidine rings is 1. The van der Waals surface area contributed by atoms with Crippen LogP contribution in [0.1, 0.15) is 34.3 Å². The van der Waals surface area contributed by atoms with Crippen LogP contribution in [0.15, 0.2) is 48.7 Å². The van der Waals surface area contributed by atoms with Crippen LogP contribution in [0.2, 0.25) is 0 Å². The number of hydrogen-bond acceptors (Lipinski definition) is 4. The molecule has 1 aliphatic rings. The van der Waals surface area contributed by atoms with Crippen molar-refractivity contribution in [2.24, 2.45) is 0 Å². The normalized spacial score (nSPS) is 16.7. The molecule has 1 saturated heterocycles. The fourth-order valence-electron chi connectivity index (χ4n) is 4.56. The fourth-order valence-corrected chi connectivity index (χ4v) is 4.56. The number of likely N-dealkylation sites (N-methyl/N-ethyl adjacent to an activating group) is 1. The topological polar surface area (TPSA) is 76.8 Å². The van der Waals surface area contributed by atoms with Crippen LogP contribution in [0.5, 0.6) is 0 Å². The predicted octanol–water partition coefficient (Wildman–Crippen LogP) is 5.14. The molecule has 0 bridgehead atoms. The number of aromatic nitrogens is 3. The Balaban J connectivity index is 1.45. The van der Waals surface area contributed by atoms with Crippen molar-refractivity contribution in [1.29, 1.82) is 0 Å². The van der Waals surface area contributed by atoms with Gasteiger partial charge in [0.05, 0.1) is 16.8 Å². The number of rotatable bonds is 5. The molecule has 2 aromatic carbocycles. The zero-order valence-electron chi connectivity index (χ0n) is 18.8. The lowest BCUT2D eigenvalue weighted by Gasteiger charge is -2.34. The van der Waals surface area contributed by atoms with E-state index in [1.807, 2.05) is 13.1 Å². The van der Waals surface area contributed by atoms with Crippen LogP contribution in [0.4, 0.5) is 23.2 Å². The highest BCUT2D eigenvalue weighted by Gasteiger charge is 2.35. The first-order chi connectivity index (χ1) is 16.7. The second-order valence-electron chi connectivity index (χ2n) is 8.66. The minimum absolute atomic E-state index is 0.0461. The van der Waals surface area contributed by atoms with Crippen molar-refractivity contribution in [3.63, 3.8) is 0 Å². The second-order valence-corrected chi connectivity index (χ2v) is 8.66. The number of carbonyl (C=O) groups is 1. The molecule has 1 atom stereocenters. The number of aromatic amines is 2. The largest absolute Gasteiger partial charge is 0.417 e. The number of hydrogen-bond donors (Lipinski definition) is 3. The number of H-pyrrole nitrogens is 2. The van der Waals surface area contributed by atoms with E-state index < -0.39 is 28.9 Å². The molecule has 3 heterocycles. The summed E-state index contributed by atoms with van der Waals surface area (Å²) in [4.78, 5) is 25.2. The van der Waals surface area contributed by atoms with Gasteiger partial charge in [-0.15, -0.1) is 0 Å². The van der Waals surface area contributed by atoms with Gasteiger partial charge in [-0.1, -0.05) is 18.2 Å². The van der Waals surface area contributed by atoms with E-state index >= 15 is 0 Å². The molecule has 0 saturated carbocycles. The Bertz CT molecular complexity index is 1390. The van der Waals surface area contributed by atoms with E-state index in [0.717, 1.165) is 43.8 Å². The first-order valence-electron chi connectivity index (χ1n) is 11.3. The highest BCUT2D eigenvalue weighted by atomic mass is 19.4. The maximum absolute atomic E-state index is 14.9. The molecule has 0 unspecified atom stereocenters. The maximum Gasteiger partial charge on any atom is 0.417 e. The van der Waals surface area contributed by atoms with Crippen molar-refractivity contribution in [2.45, 2.75) is 25.1 Å². The van der Waals surface area contributed by atoms with Gasteiger partial charge in [-0.25, -0.2) is 9.37 Å². The van der Waals surface area contributed by atoms with E-state index in [9.17, 15) is 22.4 Å². The number of benzene rings is 2. The third-order valence-corrected chi connectivity index (χ3v) is 6.40. The maximum atomic E-state index is 14.9. The van der Waals surface area contributed by atoms with Crippen LogP contribution >= 0.6 is 0 Å². The SMILES string of the molecule is CN[C@H]1CCCN(c2cc(F)c3nc(-c4cc(C(=O)c5ccccc5C(F)(F)F)c[nH]4)[nH]c3c2)C1. The van der Waals surface area contributed by atoms with Crippen molar-refractivity contribution >= 4 is 22.5 Å². The first-order valence-corrected chi connectivity index (χ1v) is 11.3. The number of imidazole rings is 1. The van der Waals surface area contributed by atoms with Crippen molar-refractivity contribution in [3.8, 4) is 11.5 Å². The summed E-state index contributed by atoms with van der Waals surface area (Å²) in [6, 6.07) is 9.69. The summed E-state index contributed by atoms with van der Waals surface area (Å²) < 4.78 is 55.0. The Morgan fingerprint density at radius 3 is 2.77 bits per heavy atom. The molecule has 0 amide bonds. The van der Waals surface area contributed by atoms with E-state index in [2.05, 4.69) is 25.2 Å². The number of nitrogens with one attached hydrogen (secondary N) is 3. The minimum Gasteiger partial charge on any atom is -0.370 e. The number of nitrogens with zero attached hydrogens (tertiary/aromatic N) is 2. The fraction of sp³-hybridized carbons (Fsp3) is 0.280. The lowest BCUT2D eigenvalue weighted by atomic mass is 9.99. The van der Waals surface area contributed by atoms with E-state index in [-0.39, 0.29) is 16.9 Å². The lowest BCUT2D eigenvalue weighted by Crippen LogP contribution is -2.44. The molecule has 3 N–H and O–H groups in total. The van der Waals surface area contributed by atoms with Gasteiger partial charge in [-0.2, -0.15) is 13.2 Å². The average molecular weight is 485 g/mol. The molecule has 1 aliphatic heterocycles. The molecule has 6 nitrogen and oxygen atoms in total. The van der Waals surface area contributed by atoms with Gasteiger partial charge < -0.3 is 20.2 Å². The molecule has 0 radical (unpaired) electrons. The van der Waals surface area contributed by atoms with Gasteiger partial charge in [-0.05, 0) is 44.2 Å². The Morgan fingerprint density at radius 1 is 1.20 bits per heavy atom. The lowest BCUT2D eigenvalue weighted by molar-refractivity contribution is -0.137. The Labute approximate surface area is 198 Å². The molecule has 0 spiro atoms. The molecule has 182 valence electrons. The van der Waals surface area contributed by atoms with E-state index in [1.54, 1.807) is 0 Å². The first kappa shape index (κ1) is 23.1. The van der Waals surface area contributed by atoms with E-state index in [4.69, 9.17) is 0 Å². The number of ketones is 1. The average Bonchev–Trinajstić information content (AvgIpc) is 3.51. The molecule has 5 rings (SSSR count). The summed E-state index contributed by atoms with van der Waals surface area (Å²) in [5.41, 5.74) is 0.364. The molecule has 35 heavy (non-hydrogen) atoms. The Hall–Kier alpha value is -3.66. The quantitative estimate of drug-likeness (QED) is 0.270. The number of halogens is 4. The van der Waals surface area contributed by atoms with Gasteiger partial charge in [0.25, 0.3) is 0 Å². The third-order valence-electron chi connectivity index (χ3n) is 6.40. The molecule has 4 aromatic rings. The highest BCUT2D eigenvalue weighted by molar-refractivity contribution is 6.10. The van der Waals surface area contributed by atoms with Gasteiger partial charge in [0.2, 0.25) is 0 Å². The van der Waals surface area contributed by atoms with Gasteiger partial charge in [0, 0.05) is 42.1 Å². The molecule has 1 fully saturated rings. The van der Waals surface area contributed by atoms with Crippen molar-refractivity contribution in [1.82, 2.24) is 20.3 Å². The molecule has 2 aromatic heterocycles. The predicted molar refractivity (Wildman–Crippen MR) is 125 cm³/mol. The van der Waals surface area contributed by atoms with Crippen LogP contribution in [0.3, 0.4) is 0 Å². The van der Waals surface area contributed by atoms with Gasteiger partial charge in [0.15, 0.2) is 17.4 Å². The molecule has 10 heteroatoms. The standard InChI is InChI=1S/C25H23F4N5O/c1-30-15-5-4-8-34(13-15)16-10-19(26)22-20(11-16)32-24(33-22)21-9-14(12-31-21)23(35)17-6-2-3-7-18(17)25(27,28)29/h2-3,6-7,9-12,15,30-31H,4-5,8,13H2,1H3,(H,32,33)/t15-/m0/s1. The van der Waals surface area contributed by atoms with Gasteiger partial charge in [-0.3, -0.25) is 4.79 Å². The summed E-state index contributed by atoms with van der Waals surface area (Å²) >= 11 is 0. The zero-order valence-corrected chi connectivity index (χ0v) is 18.8. The monoisotopic (exact) mass is 485 g/mol. The second kappa shape index (κ2) is 8.84. The van der Waals surface area contributed by atoms with Crippen LogP contribution < -0.4 is 10.2 Å². The number of alkyl halides is 3. The molecular weight excluding hydrogens is 462 g/mol. The van der Waals surface area contributed by atoms with Crippen LogP contribution in [0.25, 0.3) is 22.6 Å². The summed E-state index contributed by atoms with van der Waals surface area (Å²) in [5.74, 6) is -0.964. The highest BCUT2D eigenvalue weighted by Crippen LogP contribution is 2.33. The minimum atomic E-state index is -4.65. The van der Waals surface area contributed by atoms with Crippen molar-refractivity contribution in [3.05, 3.63) is 71.2 Å². The molecular formula is C25H23F4N5O. The van der Waals surface area contributed by atoms with Crippen molar-refractivity contribution in [2.75, 3.05) is 25.0 Å². The number of anilines is 1. The zero-order chi connectivity index (χ0) is 24.7. The van der Waals surface area contributed by atoms with Crippen LogP contribution in [0, 0.1) is 5.82 Å². The number of fused-ring (bicyclic) bond motifs is 1. The molecule has 0 aliphatic carbocycles. The summed E-state index contributed by atoms with van der Waals surface area (Å²) in [6.45, 7) is 1.59. The van der Waals surface area contributed by atoms with Crippen LogP contribution in [-0.2, 0) is 6.18 Å². The Morgan fingerprint density at radius 2 is 2.00 bits per heavy atom. The summed E-state index contributed by atoms with van der Waals surface area (Å²) in [6.07, 6.45) is -1.27. The Kier molecular flexibility index (Phi) is 5.84. The van der Waals surface area contributed by atoms with Gasteiger partial charge in [0.1, 0.15) is 5.52 Å². The van der Waals surface area contributed by atoms with E-state index in [0.29, 0.717) is 17.3 Å². The summed E-state index contributed by atoms with van der Waals surface area (Å²) in [7, 11) is 1.91. The van der Waals surface area contributed by atoms with Gasteiger partial charge >= 0.3 is 6.18 Å². The third kappa shape index (κ3) is 4.41. The summed E-state index contributed by atoms with van der Waals surface area (Å²) in [5, 5.41) is 3.27. The number of carbonyl (C=O) groups excluding carboxylic acids is 1. The van der Waals surface area contributed by atoms with Crippen LogP contribution in [-0.4, -0.2) is 46.9 Å². The van der Waals surface area contributed by atoms with Crippen molar-refractivity contribution < 1.29 is 22.4 Å². The smallest absolute Gasteiger partial charge is 0.370 e.